The summed E-state index contributed by atoms with van der Waals surface area (Å²) in [6, 6.07) is 10.8. The van der Waals surface area contributed by atoms with E-state index in [4.69, 9.17) is 4.74 Å². The lowest BCUT2D eigenvalue weighted by Crippen LogP contribution is -2.46. The predicted octanol–water partition coefficient (Wildman–Crippen LogP) is 3.63. The minimum Gasteiger partial charge on any atom is -0.466 e. The maximum Gasteiger partial charge on any atom is 0.307 e. The van der Waals surface area contributed by atoms with Crippen molar-refractivity contribution in [2.24, 2.45) is 5.41 Å². The van der Waals surface area contributed by atoms with Gasteiger partial charge in [0.1, 0.15) is 0 Å². The van der Waals surface area contributed by atoms with Crippen LogP contribution in [-0.4, -0.2) is 30.1 Å². The number of nitrogens with zero attached hydrogens (tertiary/aromatic N) is 1. The first-order chi connectivity index (χ1) is 10.00. The normalized spacial score (nSPS) is 22.0. The van der Waals surface area contributed by atoms with E-state index in [0.717, 1.165) is 19.5 Å². The van der Waals surface area contributed by atoms with Gasteiger partial charge in [0.05, 0.1) is 13.0 Å². The van der Waals surface area contributed by atoms with Crippen molar-refractivity contribution in [3.8, 4) is 0 Å². The zero-order valence-electron chi connectivity index (χ0n) is 13.5. The highest BCUT2D eigenvalue weighted by molar-refractivity contribution is 5.70. The van der Waals surface area contributed by atoms with E-state index in [1.807, 2.05) is 13.0 Å². The van der Waals surface area contributed by atoms with Gasteiger partial charge in [-0.2, -0.15) is 0 Å². The van der Waals surface area contributed by atoms with Crippen LogP contribution in [-0.2, 0) is 16.1 Å². The van der Waals surface area contributed by atoms with Gasteiger partial charge in [0.2, 0.25) is 0 Å². The average Bonchev–Trinajstić information content (AvgIpc) is 2.43. The van der Waals surface area contributed by atoms with E-state index in [1.54, 1.807) is 0 Å². The predicted molar refractivity (Wildman–Crippen MR) is 84.9 cm³/mol. The zero-order valence-corrected chi connectivity index (χ0v) is 13.5. The molecule has 3 heteroatoms. The van der Waals surface area contributed by atoms with E-state index in [1.165, 1.54) is 12.0 Å². The van der Waals surface area contributed by atoms with Crippen molar-refractivity contribution in [3.05, 3.63) is 35.9 Å². The SMILES string of the molecule is CCOC(=O)CC1CC(C)(C)CCN1Cc1ccccc1. The van der Waals surface area contributed by atoms with Crippen LogP contribution in [0.5, 0.6) is 0 Å². The minimum absolute atomic E-state index is 0.0711. The molecule has 0 saturated carbocycles. The van der Waals surface area contributed by atoms with Crippen LogP contribution in [0.3, 0.4) is 0 Å². The van der Waals surface area contributed by atoms with Crippen LogP contribution in [0.2, 0.25) is 0 Å². The van der Waals surface area contributed by atoms with Gasteiger partial charge in [0.25, 0.3) is 0 Å². The van der Waals surface area contributed by atoms with Gasteiger partial charge in [-0.05, 0) is 37.3 Å². The molecule has 0 bridgehead atoms. The van der Waals surface area contributed by atoms with Crippen LogP contribution in [0.1, 0.15) is 45.6 Å². The number of esters is 1. The highest BCUT2D eigenvalue weighted by atomic mass is 16.5. The Labute approximate surface area is 128 Å². The molecule has 116 valence electrons. The molecule has 1 unspecified atom stereocenters. The lowest BCUT2D eigenvalue weighted by Gasteiger charge is -2.43. The van der Waals surface area contributed by atoms with Gasteiger partial charge in [0.15, 0.2) is 0 Å². The highest BCUT2D eigenvalue weighted by Crippen LogP contribution is 2.35. The quantitative estimate of drug-likeness (QED) is 0.775. The molecule has 1 saturated heterocycles. The van der Waals surface area contributed by atoms with Crippen LogP contribution in [0.25, 0.3) is 0 Å². The zero-order chi connectivity index (χ0) is 15.3. The molecule has 21 heavy (non-hydrogen) atoms. The Morgan fingerprint density at radius 1 is 1.33 bits per heavy atom. The Bertz CT molecular complexity index is 456. The van der Waals surface area contributed by atoms with Crippen LogP contribution in [0.15, 0.2) is 30.3 Å². The van der Waals surface area contributed by atoms with Crippen LogP contribution < -0.4 is 0 Å². The van der Waals surface area contributed by atoms with Crippen LogP contribution in [0, 0.1) is 5.41 Å². The number of benzene rings is 1. The first-order valence-electron chi connectivity index (χ1n) is 7.94. The number of ether oxygens (including phenoxy) is 1. The molecule has 2 rings (SSSR count). The lowest BCUT2D eigenvalue weighted by molar-refractivity contribution is -0.145. The van der Waals surface area contributed by atoms with Crippen molar-refractivity contribution in [1.29, 1.82) is 0 Å². The molecular formula is C18H27NO2. The number of likely N-dealkylation sites (tertiary alicyclic amines) is 1. The number of rotatable bonds is 5. The third-order valence-corrected chi connectivity index (χ3v) is 4.32. The Balaban J connectivity index is 2.04. The summed E-state index contributed by atoms with van der Waals surface area (Å²) in [6.07, 6.45) is 2.74. The second-order valence-corrected chi connectivity index (χ2v) is 6.74. The monoisotopic (exact) mass is 289 g/mol. The minimum atomic E-state index is -0.0711. The average molecular weight is 289 g/mol. The largest absolute Gasteiger partial charge is 0.466 e. The summed E-state index contributed by atoms with van der Waals surface area (Å²) < 4.78 is 5.15. The molecule has 1 heterocycles. The molecule has 0 amide bonds. The third-order valence-electron chi connectivity index (χ3n) is 4.32. The molecule has 3 nitrogen and oxygen atoms in total. The number of piperidine rings is 1. The summed E-state index contributed by atoms with van der Waals surface area (Å²) in [7, 11) is 0. The number of hydrogen-bond donors (Lipinski definition) is 0. The van der Waals surface area contributed by atoms with E-state index < -0.39 is 0 Å². The van der Waals surface area contributed by atoms with E-state index in [2.05, 4.69) is 43.0 Å². The lowest BCUT2D eigenvalue weighted by atomic mass is 9.78. The maximum atomic E-state index is 11.9. The fraction of sp³-hybridized carbons (Fsp3) is 0.611. The van der Waals surface area contributed by atoms with E-state index >= 15 is 0 Å². The van der Waals surface area contributed by atoms with Crippen molar-refractivity contribution in [2.45, 2.75) is 52.6 Å². The smallest absolute Gasteiger partial charge is 0.307 e. The number of hydrogen-bond acceptors (Lipinski definition) is 3. The molecule has 0 aliphatic carbocycles. The summed E-state index contributed by atoms with van der Waals surface area (Å²) >= 11 is 0. The molecule has 1 aliphatic rings. The van der Waals surface area contributed by atoms with Crippen molar-refractivity contribution in [1.82, 2.24) is 4.90 Å². The molecule has 1 fully saturated rings. The molecule has 0 radical (unpaired) electrons. The molecule has 1 aromatic carbocycles. The van der Waals surface area contributed by atoms with Crippen molar-refractivity contribution in [3.63, 3.8) is 0 Å². The molecule has 0 aromatic heterocycles. The van der Waals surface area contributed by atoms with E-state index in [9.17, 15) is 4.79 Å². The fourth-order valence-electron chi connectivity index (χ4n) is 3.14. The maximum absolute atomic E-state index is 11.9. The molecule has 1 aliphatic heterocycles. The second-order valence-electron chi connectivity index (χ2n) is 6.74. The fourth-order valence-corrected chi connectivity index (χ4v) is 3.14. The van der Waals surface area contributed by atoms with Gasteiger partial charge in [-0.3, -0.25) is 9.69 Å². The third kappa shape index (κ3) is 4.85. The van der Waals surface area contributed by atoms with Crippen molar-refractivity contribution >= 4 is 5.97 Å². The summed E-state index contributed by atoms with van der Waals surface area (Å²) in [5.41, 5.74) is 1.62. The van der Waals surface area contributed by atoms with Crippen LogP contribution >= 0.6 is 0 Å². The molecular weight excluding hydrogens is 262 g/mol. The van der Waals surface area contributed by atoms with Gasteiger partial charge in [0, 0.05) is 12.6 Å². The summed E-state index contributed by atoms with van der Waals surface area (Å²) in [5.74, 6) is -0.0711. The van der Waals surface area contributed by atoms with Gasteiger partial charge in [-0.1, -0.05) is 44.2 Å². The molecule has 0 spiro atoms. The highest BCUT2D eigenvalue weighted by Gasteiger charge is 2.34. The van der Waals surface area contributed by atoms with Gasteiger partial charge in [-0.15, -0.1) is 0 Å². The standard InChI is InChI=1S/C18H27NO2/c1-4-21-17(20)12-16-13-18(2,3)10-11-19(16)14-15-8-6-5-7-9-15/h5-9,16H,4,10-14H2,1-3H3. The summed E-state index contributed by atoms with van der Waals surface area (Å²) in [5, 5.41) is 0. The molecule has 1 aromatic rings. The first-order valence-corrected chi connectivity index (χ1v) is 7.94. The van der Waals surface area contributed by atoms with E-state index in [-0.39, 0.29) is 12.0 Å². The second kappa shape index (κ2) is 7.08. The van der Waals surface area contributed by atoms with Crippen molar-refractivity contribution in [2.75, 3.05) is 13.2 Å². The molecule has 1 atom stereocenters. The number of carbonyl (C=O) groups is 1. The Kier molecular flexibility index (Phi) is 5.40. The van der Waals surface area contributed by atoms with Gasteiger partial charge < -0.3 is 4.74 Å². The topological polar surface area (TPSA) is 29.5 Å². The van der Waals surface area contributed by atoms with E-state index in [0.29, 0.717) is 18.4 Å². The van der Waals surface area contributed by atoms with Crippen LogP contribution in [0.4, 0.5) is 0 Å². The number of carbonyl (C=O) groups excluding carboxylic acids is 1. The Morgan fingerprint density at radius 2 is 2.05 bits per heavy atom. The van der Waals surface area contributed by atoms with Gasteiger partial charge in [-0.25, -0.2) is 0 Å². The first kappa shape index (κ1) is 16.0. The molecule has 0 N–H and O–H groups in total. The Hall–Kier alpha value is -1.35. The Morgan fingerprint density at radius 3 is 2.71 bits per heavy atom. The summed E-state index contributed by atoms with van der Waals surface area (Å²) in [6.45, 7) is 8.89. The van der Waals surface area contributed by atoms with Gasteiger partial charge >= 0.3 is 5.97 Å². The van der Waals surface area contributed by atoms with Crippen molar-refractivity contribution < 1.29 is 9.53 Å². The summed E-state index contributed by atoms with van der Waals surface area (Å²) in [4.78, 5) is 14.3.